The highest BCUT2D eigenvalue weighted by atomic mass is 16.2. The van der Waals surface area contributed by atoms with Crippen LogP contribution in [0.2, 0.25) is 0 Å². The molecule has 0 saturated carbocycles. The van der Waals surface area contributed by atoms with Gasteiger partial charge in [-0.15, -0.1) is 0 Å². The number of amides is 4. The summed E-state index contributed by atoms with van der Waals surface area (Å²) in [5.41, 5.74) is 1.90. The number of nitrogens with zero attached hydrogens (tertiary/aromatic N) is 2. The summed E-state index contributed by atoms with van der Waals surface area (Å²) in [5, 5.41) is 12.0. The van der Waals surface area contributed by atoms with Crippen LogP contribution in [0.1, 0.15) is 28.5 Å². The normalized spacial score (nSPS) is 18.3. The van der Waals surface area contributed by atoms with Crippen molar-refractivity contribution >= 4 is 23.5 Å². The first-order valence-electron chi connectivity index (χ1n) is 9.04. The van der Waals surface area contributed by atoms with Crippen molar-refractivity contribution in [2.75, 3.05) is 5.32 Å². The van der Waals surface area contributed by atoms with Crippen LogP contribution in [0.3, 0.4) is 0 Å². The van der Waals surface area contributed by atoms with Gasteiger partial charge >= 0.3 is 6.03 Å². The number of para-hydroxylation sites is 1. The van der Waals surface area contributed by atoms with Gasteiger partial charge in [0.05, 0.1) is 23.1 Å². The zero-order valence-electron chi connectivity index (χ0n) is 15.9. The molecule has 8 heteroatoms. The van der Waals surface area contributed by atoms with E-state index in [-0.39, 0.29) is 5.91 Å². The van der Waals surface area contributed by atoms with Crippen LogP contribution < -0.4 is 16.0 Å². The lowest BCUT2D eigenvalue weighted by Gasteiger charge is -2.21. The van der Waals surface area contributed by atoms with Crippen molar-refractivity contribution in [1.82, 2.24) is 20.4 Å². The SMILES string of the molecule is Cc1c(C(=O)Nc2cccc([C@@]3(C)NC(=O)NC3=O)c2)cnn1-c1ccccc1. The second-order valence-corrected chi connectivity index (χ2v) is 6.96. The molecule has 1 aliphatic rings. The second kappa shape index (κ2) is 6.90. The molecule has 0 aliphatic carbocycles. The smallest absolute Gasteiger partial charge is 0.322 e. The number of hydrogen-bond donors (Lipinski definition) is 3. The van der Waals surface area contributed by atoms with E-state index in [1.807, 2.05) is 37.3 Å². The van der Waals surface area contributed by atoms with Gasteiger partial charge in [0.15, 0.2) is 0 Å². The summed E-state index contributed by atoms with van der Waals surface area (Å²) in [6, 6.07) is 15.8. The van der Waals surface area contributed by atoms with Crippen molar-refractivity contribution < 1.29 is 14.4 Å². The maximum absolute atomic E-state index is 12.8. The van der Waals surface area contributed by atoms with Gasteiger partial charge in [-0.25, -0.2) is 9.48 Å². The number of aromatic nitrogens is 2. The van der Waals surface area contributed by atoms with Crippen molar-refractivity contribution in [2.45, 2.75) is 19.4 Å². The fourth-order valence-electron chi connectivity index (χ4n) is 3.31. The summed E-state index contributed by atoms with van der Waals surface area (Å²) < 4.78 is 1.70. The van der Waals surface area contributed by atoms with Crippen LogP contribution in [-0.2, 0) is 10.3 Å². The van der Waals surface area contributed by atoms with E-state index < -0.39 is 17.5 Å². The minimum atomic E-state index is -1.19. The Morgan fingerprint density at radius 3 is 2.55 bits per heavy atom. The number of carbonyl (C=O) groups is 3. The molecular formula is C21H19N5O3. The Kier molecular flexibility index (Phi) is 4.38. The minimum absolute atomic E-state index is 0.313. The summed E-state index contributed by atoms with van der Waals surface area (Å²) in [6.45, 7) is 3.44. The van der Waals surface area contributed by atoms with E-state index >= 15 is 0 Å². The van der Waals surface area contributed by atoms with Crippen LogP contribution in [0.5, 0.6) is 0 Å². The topological polar surface area (TPSA) is 105 Å². The highest BCUT2D eigenvalue weighted by Crippen LogP contribution is 2.27. The second-order valence-electron chi connectivity index (χ2n) is 6.96. The molecule has 0 radical (unpaired) electrons. The molecule has 0 bridgehead atoms. The molecule has 2 aromatic carbocycles. The van der Waals surface area contributed by atoms with Gasteiger partial charge in [0.25, 0.3) is 11.8 Å². The molecule has 29 heavy (non-hydrogen) atoms. The summed E-state index contributed by atoms with van der Waals surface area (Å²) in [6.07, 6.45) is 1.52. The van der Waals surface area contributed by atoms with E-state index in [0.29, 0.717) is 22.5 Å². The molecule has 0 unspecified atom stereocenters. The summed E-state index contributed by atoms with van der Waals surface area (Å²) in [4.78, 5) is 36.5. The third-order valence-corrected chi connectivity index (χ3v) is 5.00. The number of urea groups is 1. The third kappa shape index (κ3) is 3.25. The van der Waals surface area contributed by atoms with Gasteiger partial charge in [-0.2, -0.15) is 5.10 Å². The Hall–Kier alpha value is -3.94. The van der Waals surface area contributed by atoms with Gasteiger partial charge in [0.2, 0.25) is 0 Å². The fraction of sp³-hybridized carbons (Fsp3) is 0.143. The molecule has 1 fully saturated rings. The van der Waals surface area contributed by atoms with Crippen LogP contribution in [0.4, 0.5) is 10.5 Å². The molecule has 4 amide bonds. The average molecular weight is 389 g/mol. The van der Waals surface area contributed by atoms with Crippen LogP contribution in [0.15, 0.2) is 60.8 Å². The van der Waals surface area contributed by atoms with E-state index in [1.165, 1.54) is 6.20 Å². The lowest BCUT2D eigenvalue weighted by Crippen LogP contribution is -2.40. The van der Waals surface area contributed by atoms with Crippen LogP contribution >= 0.6 is 0 Å². The highest BCUT2D eigenvalue weighted by molar-refractivity contribution is 6.08. The van der Waals surface area contributed by atoms with E-state index in [2.05, 4.69) is 21.0 Å². The first-order valence-corrected chi connectivity index (χ1v) is 9.04. The van der Waals surface area contributed by atoms with Crippen molar-refractivity contribution in [2.24, 2.45) is 0 Å². The van der Waals surface area contributed by atoms with E-state index in [9.17, 15) is 14.4 Å². The van der Waals surface area contributed by atoms with Gasteiger partial charge in [-0.3, -0.25) is 14.9 Å². The molecule has 1 saturated heterocycles. The maximum Gasteiger partial charge on any atom is 0.322 e. The molecule has 4 rings (SSSR count). The van der Waals surface area contributed by atoms with Gasteiger partial charge < -0.3 is 10.6 Å². The van der Waals surface area contributed by atoms with E-state index in [4.69, 9.17) is 0 Å². The summed E-state index contributed by atoms with van der Waals surface area (Å²) >= 11 is 0. The maximum atomic E-state index is 12.8. The predicted octanol–water partition coefficient (Wildman–Crippen LogP) is 2.49. The molecule has 1 atom stereocenters. The monoisotopic (exact) mass is 389 g/mol. The zero-order chi connectivity index (χ0) is 20.6. The Labute approximate surface area is 166 Å². The molecule has 3 N–H and O–H groups in total. The van der Waals surface area contributed by atoms with Gasteiger partial charge in [0, 0.05) is 5.69 Å². The van der Waals surface area contributed by atoms with Crippen LogP contribution in [0.25, 0.3) is 5.69 Å². The summed E-state index contributed by atoms with van der Waals surface area (Å²) in [5.74, 6) is -0.752. The van der Waals surface area contributed by atoms with Gasteiger partial charge in [-0.05, 0) is 43.7 Å². The molecule has 0 spiro atoms. The lowest BCUT2D eigenvalue weighted by atomic mass is 9.92. The number of hydrogen-bond acceptors (Lipinski definition) is 4. The Morgan fingerprint density at radius 1 is 1.10 bits per heavy atom. The number of imide groups is 1. The number of anilines is 1. The van der Waals surface area contributed by atoms with Crippen LogP contribution in [-0.4, -0.2) is 27.6 Å². The molecule has 3 aromatic rings. The minimum Gasteiger partial charge on any atom is -0.322 e. The number of rotatable bonds is 4. The zero-order valence-corrected chi connectivity index (χ0v) is 15.9. The first-order chi connectivity index (χ1) is 13.9. The lowest BCUT2D eigenvalue weighted by molar-refractivity contribution is -0.123. The predicted molar refractivity (Wildman–Crippen MR) is 107 cm³/mol. The largest absolute Gasteiger partial charge is 0.322 e. The molecular weight excluding hydrogens is 370 g/mol. The molecule has 8 nitrogen and oxygen atoms in total. The van der Waals surface area contributed by atoms with Crippen molar-refractivity contribution in [3.8, 4) is 5.69 Å². The summed E-state index contributed by atoms with van der Waals surface area (Å²) in [7, 11) is 0. The van der Waals surface area contributed by atoms with Crippen molar-refractivity contribution in [3.05, 3.63) is 77.6 Å². The number of nitrogens with one attached hydrogen (secondary N) is 3. The Bertz CT molecular complexity index is 1120. The third-order valence-electron chi connectivity index (χ3n) is 5.00. The average Bonchev–Trinajstić information content (AvgIpc) is 3.22. The molecule has 2 heterocycles. The van der Waals surface area contributed by atoms with Crippen molar-refractivity contribution in [1.29, 1.82) is 0 Å². The molecule has 1 aliphatic heterocycles. The Morgan fingerprint density at radius 2 is 1.86 bits per heavy atom. The number of benzene rings is 2. The van der Waals surface area contributed by atoms with E-state index in [1.54, 1.807) is 35.9 Å². The molecule has 1 aromatic heterocycles. The van der Waals surface area contributed by atoms with Gasteiger partial charge in [-0.1, -0.05) is 30.3 Å². The first kappa shape index (κ1) is 18.4. The highest BCUT2D eigenvalue weighted by Gasteiger charge is 2.43. The standard InChI is InChI=1S/C21H19N5O3/c1-13-17(12-22-26(13)16-9-4-3-5-10-16)18(27)23-15-8-6-7-14(11-15)21(2)19(28)24-20(29)25-21/h3-12H,1-2H3,(H,23,27)(H2,24,25,28,29)/t21-/m1/s1. The molecule has 146 valence electrons. The quantitative estimate of drug-likeness (QED) is 0.596. The fourth-order valence-corrected chi connectivity index (χ4v) is 3.31. The number of carbonyl (C=O) groups excluding carboxylic acids is 3. The van der Waals surface area contributed by atoms with Crippen LogP contribution in [0, 0.1) is 6.92 Å². The van der Waals surface area contributed by atoms with Crippen molar-refractivity contribution in [3.63, 3.8) is 0 Å². The van der Waals surface area contributed by atoms with Gasteiger partial charge in [0.1, 0.15) is 5.54 Å². The Balaban J connectivity index is 1.58. The van der Waals surface area contributed by atoms with E-state index in [0.717, 1.165) is 5.69 Å².